The number of nitrogens with one attached hydrogen (secondary N) is 1. The fourth-order valence-electron chi connectivity index (χ4n) is 2.22. The van der Waals surface area contributed by atoms with Gasteiger partial charge in [0.25, 0.3) is 0 Å². The van der Waals surface area contributed by atoms with Crippen molar-refractivity contribution in [3.63, 3.8) is 0 Å². The van der Waals surface area contributed by atoms with Crippen molar-refractivity contribution in [3.8, 4) is 0 Å². The number of halogens is 3. The van der Waals surface area contributed by atoms with Gasteiger partial charge in [-0.15, -0.1) is 0 Å². The lowest BCUT2D eigenvalue weighted by molar-refractivity contribution is -0.137. The Kier molecular flexibility index (Phi) is 4.33. The fraction of sp³-hybridized carbons (Fsp3) is 0.200. The first kappa shape index (κ1) is 15.5. The van der Waals surface area contributed by atoms with Gasteiger partial charge in [0, 0.05) is 17.6 Å². The molecular formula is C15H13F3N4S. The largest absolute Gasteiger partial charge is 0.417 e. The summed E-state index contributed by atoms with van der Waals surface area (Å²) in [6.45, 7) is 0.617. The maximum Gasteiger partial charge on any atom is 0.417 e. The molecule has 23 heavy (non-hydrogen) atoms. The van der Waals surface area contributed by atoms with Gasteiger partial charge < -0.3 is 5.32 Å². The van der Waals surface area contributed by atoms with Gasteiger partial charge in [-0.25, -0.2) is 9.67 Å². The Bertz CT molecular complexity index is 765. The van der Waals surface area contributed by atoms with E-state index in [-0.39, 0.29) is 12.1 Å². The maximum absolute atomic E-state index is 12.9. The first-order valence-corrected chi connectivity index (χ1v) is 7.75. The Morgan fingerprint density at radius 2 is 1.96 bits per heavy atom. The summed E-state index contributed by atoms with van der Waals surface area (Å²) < 4.78 is 40.4. The first-order chi connectivity index (χ1) is 11.0. The summed E-state index contributed by atoms with van der Waals surface area (Å²) in [4.78, 5) is 3.88. The maximum atomic E-state index is 12.9. The summed E-state index contributed by atoms with van der Waals surface area (Å²) in [5.74, 6) is 0. The quantitative estimate of drug-likeness (QED) is 0.764. The minimum atomic E-state index is -4.32. The van der Waals surface area contributed by atoms with Gasteiger partial charge in [0.1, 0.15) is 12.7 Å². The minimum Gasteiger partial charge on any atom is -0.381 e. The molecule has 0 aliphatic carbocycles. The van der Waals surface area contributed by atoms with E-state index in [0.717, 1.165) is 28.0 Å². The minimum absolute atomic E-state index is 0.118. The third kappa shape index (κ3) is 3.70. The Hall–Kier alpha value is -2.35. The van der Waals surface area contributed by atoms with Crippen molar-refractivity contribution >= 4 is 17.0 Å². The molecule has 8 heteroatoms. The van der Waals surface area contributed by atoms with Gasteiger partial charge >= 0.3 is 6.18 Å². The third-order valence-electron chi connectivity index (χ3n) is 3.33. The average Bonchev–Trinajstić information content (AvgIpc) is 3.16. The van der Waals surface area contributed by atoms with E-state index in [9.17, 15) is 13.2 Å². The van der Waals surface area contributed by atoms with E-state index in [1.54, 1.807) is 11.0 Å². The predicted molar refractivity (Wildman–Crippen MR) is 82.2 cm³/mol. The number of rotatable bonds is 5. The number of benzene rings is 1. The van der Waals surface area contributed by atoms with Crippen LogP contribution in [0.4, 0.5) is 18.9 Å². The Labute approximate surface area is 134 Å². The molecule has 0 aliphatic rings. The number of nitrogens with zero attached hydrogens (tertiary/aromatic N) is 3. The van der Waals surface area contributed by atoms with Crippen molar-refractivity contribution in [1.82, 2.24) is 14.8 Å². The van der Waals surface area contributed by atoms with Crippen LogP contribution in [0.1, 0.15) is 16.7 Å². The predicted octanol–water partition coefficient (Wildman–Crippen LogP) is 4.02. The number of thiophene rings is 1. The number of hydrogen-bond acceptors (Lipinski definition) is 4. The van der Waals surface area contributed by atoms with E-state index in [1.165, 1.54) is 11.7 Å². The molecule has 0 spiro atoms. The molecule has 0 fully saturated rings. The topological polar surface area (TPSA) is 42.7 Å². The number of hydrogen-bond donors (Lipinski definition) is 1. The van der Waals surface area contributed by atoms with Crippen LogP contribution >= 0.6 is 11.3 Å². The number of para-hydroxylation sites is 1. The van der Waals surface area contributed by atoms with E-state index in [1.807, 2.05) is 24.3 Å². The van der Waals surface area contributed by atoms with E-state index in [2.05, 4.69) is 15.4 Å². The second-order valence-corrected chi connectivity index (χ2v) is 5.66. The standard InChI is InChI=1S/C15H13F3N4S/c16-15(17,18)13-8-23-7-12(13)5-20-14-4-2-1-3-11(14)6-22-10-19-9-21-22/h1-4,7-10,20H,5-6H2. The summed E-state index contributed by atoms with van der Waals surface area (Å²) in [5, 5.41) is 9.79. The molecule has 0 radical (unpaired) electrons. The first-order valence-electron chi connectivity index (χ1n) is 6.80. The van der Waals surface area contributed by atoms with Crippen LogP contribution in [0.15, 0.2) is 47.7 Å². The molecule has 3 rings (SSSR count). The SMILES string of the molecule is FC(F)(F)c1cscc1CNc1ccccc1Cn1cncn1. The summed E-state index contributed by atoms with van der Waals surface area (Å²) in [5.41, 5.74) is 1.38. The van der Waals surface area contributed by atoms with Crippen LogP contribution in [0.2, 0.25) is 0 Å². The monoisotopic (exact) mass is 338 g/mol. The molecule has 0 amide bonds. The number of aromatic nitrogens is 3. The highest BCUT2D eigenvalue weighted by Gasteiger charge is 2.33. The van der Waals surface area contributed by atoms with E-state index in [4.69, 9.17) is 0 Å². The zero-order valence-electron chi connectivity index (χ0n) is 11.9. The lowest BCUT2D eigenvalue weighted by atomic mass is 10.1. The second kappa shape index (κ2) is 6.41. The number of alkyl halides is 3. The summed E-state index contributed by atoms with van der Waals surface area (Å²) in [6, 6.07) is 7.46. The van der Waals surface area contributed by atoms with Gasteiger partial charge in [-0.1, -0.05) is 18.2 Å². The molecule has 0 saturated heterocycles. The molecule has 3 aromatic rings. The van der Waals surface area contributed by atoms with Crippen LogP contribution in [-0.2, 0) is 19.3 Å². The molecular weight excluding hydrogens is 325 g/mol. The molecule has 0 bridgehead atoms. The van der Waals surface area contributed by atoms with Crippen LogP contribution in [0.5, 0.6) is 0 Å². The van der Waals surface area contributed by atoms with Crippen LogP contribution in [0.25, 0.3) is 0 Å². The van der Waals surface area contributed by atoms with Crippen LogP contribution in [-0.4, -0.2) is 14.8 Å². The van der Waals surface area contributed by atoms with Gasteiger partial charge in [0.2, 0.25) is 0 Å². The van der Waals surface area contributed by atoms with E-state index >= 15 is 0 Å². The summed E-state index contributed by atoms with van der Waals surface area (Å²) in [7, 11) is 0. The number of anilines is 1. The van der Waals surface area contributed by atoms with E-state index < -0.39 is 11.7 Å². The third-order valence-corrected chi connectivity index (χ3v) is 4.13. The van der Waals surface area contributed by atoms with Crippen molar-refractivity contribution in [2.24, 2.45) is 0 Å². The highest BCUT2D eigenvalue weighted by atomic mass is 32.1. The van der Waals surface area contributed by atoms with Crippen molar-refractivity contribution < 1.29 is 13.2 Å². The molecule has 2 aromatic heterocycles. The van der Waals surface area contributed by atoms with Gasteiger partial charge in [0.05, 0.1) is 12.1 Å². The van der Waals surface area contributed by atoms with Gasteiger partial charge in [-0.05, 0) is 22.6 Å². The van der Waals surface area contributed by atoms with Crippen molar-refractivity contribution in [3.05, 3.63) is 64.4 Å². The highest BCUT2D eigenvalue weighted by molar-refractivity contribution is 7.08. The van der Waals surface area contributed by atoms with Crippen LogP contribution in [0.3, 0.4) is 0 Å². The molecule has 0 saturated carbocycles. The molecule has 120 valence electrons. The Morgan fingerprint density at radius 3 is 2.70 bits per heavy atom. The molecule has 1 aromatic carbocycles. The zero-order chi connectivity index (χ0) is 16.3. The summed E-state index contributed by atoms with van der Waals surface area (Å²) >= 11 is 1.05. The fourth-order valence-corrected chi connectivity index (χ4v) is 3.08. The van der Waals surface area contributed by atoms with Gasteiger partial charge in [-0.3, -0.25) is 0 Å². The van der Waals surface area contributed by atoms with Crippen LogP contribution < -0.4 is 5.32 Å². The lowest BCUT2D eigenvalue weighted by Gasteiger charge is -2.13. The average molecular weight is 338 g/mol. The second-order valence-electron chi connectivity index (χ2n) is 4.91. The van der Waals surface area contributed by atoms with Crippen molar-refractivity contribution in [1.29, 1.82) is 0 Å². The molecule has 4 nitrogen and oxygen atoms in total. The van der Waals surface area contributed by atoms with E-state index in [0.29, 0.717) is 6.54 Å². The van der Waals surface area contributed by atoms with Crippen LogP contribution in [0, 0.1) is 0 Å². The molecule has 2 heterocycles. The van der Waals surface area contributed by atoms with Gasteiger partial charge in [-0.2, -0.15) is 29.6 Å². The Morgan fingerprint density at radius 1 is 1.13 bits per heavy atom. The van der Waals surface area contributed by atoms with Crippen molar-refractivity contribution in [2.75, 3.05) is 5.32 Å². The molecule has 0 atom stereocenters. The lowest BCUT2D eigenvalue weighted by Crippen LogP contribution is -2.10. The normalized spacial score (nSPS) is 11.6. The Balaban J connectivity index is 1.75. The summed E-state index contributed by atoms with van der Waals surface area (Å²) in [6.07, 6.45) is -1.29. The zero-order valence-corrected chi connectivity index (χ0v) is 12.7. The van der Waals surface area contributed by atoms with Gasteiger partial charge in [0.15, 0.2) is 0 Å². The smallest absolute Gasteiger partial charge is 0.381 e. The molecule has 0 aliphatic heterocycles. The van der Waals surface area contributed by atoms with Crippen molar-refractivity contribution in [2.45, 2.75) is 19.3 Å². The molecule has 0 unspecified atom stereocenters. The highest BCUT2D eigenvalue weighted by Crippen LogP contribution is 2.34. The molecule has 1 N–H and O–H groups in total.